The number of hydrogen-bond acceptors (Lipinski definition) is 3. The first kappa shape index (κ1) is 13.5. The zero-order valence-electron chi connectivity index (χ0n) is 11.5. The molecule has 0 amide bonds. The SMILES string of the molecule is CC1(C)OB(c2ccc(C3CC3(F)F)s2)OC1(C)C. The topological polar surface area (TPSA) is 18.5 Å². The molecule has 104 valence electrons. The van der Waals surface area contributed by atoms with E-state index in [2.05, 4.69) is 0 Å². The number of hydrogen-bond donors (Lipinski definition) is 0. The van der Waals surface area contributed by atoms with Crippen LogP contribution in [0.15, 0.2) is 12.1 Å². The fraction of sp³-hybridized carbons (Fsp3) is 0.692. The summed E-state index contributed by atoms with van der Waals surface area (Å²) in [6.45, 7) is 7.93. The van der Waals surface area contributed by atoms with Crippen molar-refractivity contribution in [1.29, 1.82) is 0 Å². The molecule has 0 bridgehead atoms. The van der Waals surface area contributed by atoms with E-state index in [1.807, 2.05) is 33.8 Å². The van der Waals surface area contributed by atoms with Crippen LogP contribution in [0.3, 0.4) is 0 Å². The van der Waals surface area contributed by atoms with E-state index in [9.17, 15) is 8.78 Å². The van der Waals surface area contributed by atoms with Gasteiger partial charge in [-0.15, -0.1) is 11.3 Å². The molecular formula is C13H17BF2O2S. The quantitative estimate of drug-likeness (QED) is 0.777. The standard InChI is InChI=1S/C13H17BF2O2S/c1-11(2)12(3,4)18-14(17-11)10-6-5-9(19-10)8-7-13(8,15)16/h5-6,8H,7H2,1-4H3. The minimum atomic E-state index is -2.52. The lowest BCUT2D eigenvalue weighted by Crippen LogP contribution is -2.41. The second-order valence-electron chi connectivity index (χ2n) is 6.35. The van der Waals surface area contributed by atoms with Crippen LogP contribution in [0, 0.1) is 0 Å². The molecular weight excluding hydrogens is 269 g/mol. The van der Waals surface area contributed by atoms with Crippen LogP contribution >= 0.6 is 11.3 Å². The highest BCUT2D eigenvalue weighted by Crippen LogP contribution is 2.56. The van der Waals surface area contributed by atoms with Crippen molar-refractivity contribution in [3.8, 4) is 0 Å². The normalized spacial score (nSPS) is 30.6. The summed E-state index contributed by atoms with van der Waals surface area (Å²) in [4.78, 5) is 0.731. The van der Waals surface area contributed by atoms with Crippen LogP contribution in [-0.4, -0.2) is 24.2 Å². The molecule has 6 heteroatoms. The molecule has 1 unspecified atom stereocenters. The lowest BCUT2D eigenvalue weighted by Gasteiger charge is -2.32. The maximum absolute atomic E-state index is 13.1. The van der Waals surface area contributed by atoms with Crippen LogP contribution < -0.4 is 4.78 Å². The fourth-order valence-corrected chi connectivity index (χ4v) is 3.30. The first-order valence-electron chi connectivity index (χ1n) is 6.45. The molecule has 0 N–H and O–H groups in total. The van der Waals surface area contributed by atoms with Gasteiger partial charge in [-0.05, 0) is 33.8 Å². The van der Waals surface area contributed by atoms with E-state index in [0.717, 1.165) is 9.65 Å². The molecule has 19 heavy (non-hydrogen) atoms. The second kappa shape index (κ2) is 3.80. The van der Waals surface area contributed by atoms with Crippen LogP contribution in [0.25, 0.3) is 0 Å². The zero-order chi connectivity index (χ0) is 14.1. The Morgan fingerprint density at radius 1 is 1.16 bits per heavy atom. The molecule has 1 aromatic rings. The van der Waals surface area contributed by atoms with Crippen LogP contribution in [-0.2, 0) is 9.31 Å². The highest BCUT2D eigenvalue weighted by molar-refractivity contribution is 7.22. The van der Waals surface area contributed by atoms with E-state index in [0.29, 0.717) is 0 Å². The van der Waals surface area contributed by atoms with Crippen molar-refractivity contribution in [2.45, 2.75) is 57.2 Å². The number of alkyl halides is 2. The van der Waals surface area contributed by atoms with Gasteiger partial charge in [-0.1, -0.05) is 6.07 Å². The molecule has 0 spiro atoms. The number of thiophene rings is 1. The van der Waals surface area contributed by atoms with Crippen molar-refractivity contribution in [2.24, 2.45) is 0 Å². The lowest BCUT2D eigenvalue weighted by atomic mass is 9.88. The van der Waals surface area contributed by atoms with E-state index in [1.165, 1.54) is 11.3 Å². The first-order valence-corrected chi connectivity index (χ1v) is 7.27. The average molecular weight is 286 g/mol. The third-order valence-corrected chi connectivity index (χ3v) is 5.52. The summed E-state index contributed by atoms with van der Waals surface area (Å²) in [5, 5.41) is 0. The maximum atomic E-state index is 13.1. The Hall–Kier alpha value is -0.455. The summed E-state index contributed by atoms with van der Waals surface area (Å²) >= 11 is 1.37. The Morgan fingerprint density at radius 3 is 2.16 bits per heavy atom. The van der Waals surface area contributed by atoms with Crippen molar-refractivity contribution in [3.05, 3.63) is 17.0 Å². The maximum Gasteiger partial charge on any atom is 0.505 e. The van der Waals surface area contributed by atoms with Gasteiger partial charge in [-0.3, -0.25) is 0 Å². The number of halogens is 2. The molecule has 1 saturated carbocycles. The molecule has 2 fully saturated rings. The Labute approximate surface area is 116 Å². The van der Waals surface area contributed by atoms with Gasteiger partial charge >= 0.3 is 7.12 Å². The largest absolute Gasteiger partial charge is 0.505 e. The summed E-state index contributed by atoms with van der Waals surface area (Å²) in [6.07, 6.45) is -0.0314. The Bertz CT molecular complexity index is 496. The van der Waals surface area contributed by atoms with E-state index in [-0.39, 0.29) is 6.42 Å². The van der Waals surface area contributed by atoms with Crippen LogP contribution in [0.4, 0.5) is 8.78 Å². The summed E-state index contributed by atoms with van der Waals surface area (Å²) in [7, 11) is -0.448. The van der Waals surface area contributed by atoms with Crippen molar-refractivity contribution >= 4 is 23.2 Å². The third-order valence-electron chi connectivity index (χ3n) is 4.30. The van der Waals surface area contributed by atoms with Crippen molar-refractivity contribution in [1.82, 2.24) is 0 Å². The van der Waals surface area contributed by atoms with Crippen molar-refractivity contribution in [3.63, 3.8) is 0 Å². The average Bonchev–Trinajstić information content (AvgIpc) is 2.65. The lowest BCUT2D eigenvalue weighted by molar-refractivity contribution is 0.00578. The monoisotopic (exact) mass is 286 g/mol. The highest BCUT2D eigenvalue weighted by atomic mass is 32.1. The molecule has 1 saturated heterocycles. The summed E-state index contributed by atoms with van der Waals surface area (Å²) in [6, 6.07) is 3.62. The molecule has 1 aliphatic heterocycles. The fourth-order valence-electron chi connectivity index (χ4n) is 2.16. The molecule has 1 aliphatic carbocycles. The van der Waals surface area contributed by atoms with Crippen LogP contribution in [0.2, 0.25) is 0 Å². The van der Waals surface area contributed by atoms with Crippen LogP contribution in [0.5, 0.6) is 0 Å². The van der Waals surface area contributed by atoms with E-state index < -0.39 is 30.2 Å². The smallest absolute Gasteiger partial charge is 0.399 e. The van der Waals surface area contributed by atoms with Gasteiger partial charge in [0.2, 0.25) is 0 Å². The second-order valence-corrected chi connectivity index (χ2v) is 7.49. The molecule has 2 heterocycles. The van der Waals surface area contributed by atoms with Crippen LogP contribution in [0.1, 0.15) is 44.9 Å². The summed E-state index contributed by atoms with van der Waals surface area (Å²) in [5.74, 6) is -3.12. The van der Waals surface area contributed by atoms with Gasteiger partial charge in [0.05, 0.1) is 17.1 Å². The molecule has 3 rings (SSSR count). The van der Waals surface area contributed by atoms with Gasteiger partial charge in [-0.25, -0.2) is 8.78 Å². The highest BCUT2D eigenvalue weighted by Gasteiger charge is 2.59. The molecule has 0 radical (unpaired) electrons. The Morgan fingerprint density at radius 2 is 1.68 bits per heavy atom. The van der Waals surface area contributed by atoms with E-state index in [1.54, 1.807) is 6.07 Å². The zero-order valence-corrected chi connectivity index (χ0v) is 12.3. The van der Waals surface area contributed by atoms with Gasteiger partial charge in [-0.2, -0.15) is 0 Å². The summed E-state index contributed by atoms with van der Waals surface area (Å²) < 4.78 is 38.8. The molecule has 1 aromatic heterocycles. The first-order chi connectivity index (χ1) is 8.62. The Balaban J connectivity index is 1.78. The van der Waals surface area contributed by atoms with Gasteiger partial charge in [0.15, 0.2) is 0 Å². The van der Waals surface area contributed by atoms with Crippen molar-refractivity contribution < 1.29 is 18.1 Å². The minimum absolute atomic E-state index is 0.0314. The molecule has 0 aromatic carbocycles. The molecule has 2 aliphatic rings. The van der Waals surface area contributed by atoms with Gasteiger partial charge in [0.25, 0.3) is 5.92 Å². The summed E-state index contributed by atoms with van der Waals surface area (Å²) in [5.41, 5.74) is -0.795. The number of rotatable bonds is 2. The van der Waals surface area contributed by atoms with Gasteiger partial charge < -0.3 is 9.31 Å². The minimum Gasteiger partial charge on any atom is -0.399 e. The van der Waals surface area contributed by atoms with E-state index in [4.69, 9.17) is 9.31 Å². The predicted octanol–water partition coefficient (Wildman–Crippen LogP) is 3.17. The molecule has 1 atom stereocenters. The third kappa shape index (κ3) is 2.14. The van der Waals surface area contributed by atoms with Crippen molar-refractivity contribution in [2.75, 3.05) is 0 Å². The van der Waals surface area contributed by atoms with Gasteiger partial charge in [0.1, 0.15) is 0 Å². The van der Waals surface area contributed by atoms with Gasteiger partial charge in [0, 0.05) is 16.1 Å². The van der Waals surface area contributed by atoms with E-state index >= 15 is 0 Å². The Kier molecular flexibility index (Phi) is 2.71. The molecule has 2 nitrogen and oxygen atoms in total. The predicted molar refractivity (Wildman–Crippen MR) is 72.3 cm³/mol.